The number of hydrogen-bond donors (Lipinski definition) is 2. The van der Waals surface area contributed by atoms with Gasteiger partial charge in [-0.25, -0.2) is 9.18 Å². The molecule has 1 aliphatic rings. The second-order valence-electron chi connectivity index (χ2n) is 8.11. The van der Waals surface area contributed by atoms with Crippen molar-refractivity contribution in [3.05, 3.63) is 53.3 Å². The van der Waals surface area contributed by atoms with Crippen LogP contribution in [0.3, 0.4) is 0 Å². The molecule has 3 rings (SSSR count). The third-order valence-corrected chi connectivity index (χ3v) is 5.48. The molecule has 174 valence electrons. The van der Waals surface area contributed by atoms with Crippen molar-refractivity contribution in [3.63, 3.8) is 0 Å². The minimum atomic E-state index is -0.340. The van der Waals surface area contributed by atoms with Crippen molar-refractivity contribution in [1.82, 2.24) is 10.6 Å². The summed E-state index contributed by atoms with van der Waals surface area (Å²) >= 11 is 0. The van der Waals surface area contributed by atoms with Gasteiger partial charge in [0.2, 0.25) is 0 Å². The Hall–Kier alpha value is -3.00. The summed E-state index contributed by atoms with van der Waals surface area (Å²) in [6.45, 7) is 7.36. The van der Waals surface area contributed by atoms with Crippen LogP contribution in [0.15, 0.2) is 36.4 Å². The lowest BCUT2D eigenvalue weighted by Crippen LogP contribution is -2.45. The molecule has 0 spiro atoms. The first-order chi connectivity index (χ1) is 15.3. The average Bonchev–Trinajstić information content (AvgIpc) is 2.76. The van der Waals surface area contributed by atoms with Crippen LogP contribution in [-0.2, 0) is 11.3 Å². The summed E-state index contributed by atoms with van der Waals surface area (Å²) in [6, 6.07) is 9.97. The summed E-state index contributed by atoms with van der Waals surface area (Å²) in [7, 11) is 3.14. The number of urea groups is 1. The largest absolute Gasteiger partial charge is 0.493 e. The van der Waals surface area contributed by atoms with Gasteiger partial charge in [-0.05, 0) is 56.2 Å². The molecule has 8 heteroatoms. The van der Waals surface area contributed by atoms with E-state index in [9.17, 15) is 9.18 Å². The Balaban J connectivity index is 1.56. The standard InChI is InChI=1S/C24H32FN3O4/c1-15-13-28(14-16(2)32-15)21-8-6-18(10-20(21)25)12-26-24(29)27-17(3)19-7-9-22(30-4)23(11-19)31-5/h6-11,15-17H,12-14H2,1-5H3,(H2,26,27,29). The second kappa shape index (κ2) is 10.5. The van der Waals surface area contributed by atoms with Crippen LogP contribution >= 0.6 is 0 Å². The molecule has 0 saturated carbocycles. The van der Waals surface area contributed by atoms with Crippen molar-refractivity contribution in [3.8, 4) is 11.5 Å². The molecule has 7 nitrogen and oxygen atoms in total. The van der Waals surface area contributed by atoms with Crippen molar-refractivity contribution >= 4 is 11.7 Å². The fraction of sp³-hybridized carbons (Fsp3) is 0.458. The number of nitrogens with zero attached hydrogens (tertiary/aromatic N) is 1. The Labute approximate surface area is 188 Å². The number of nitrogens with one attached hydrogen (secondary N) is 2. The molecule has 2 aromatic carbocycles. The predicted molar refractivity (Wildman–Crippen MR) is 122 cm³/mol. The van der Waals surface area contributed by atoms with Crippen molar-refractivity contribution in [1.29, 1.82) is 0 Å². The van der Waals surface area contributed by atoms with E-state index >= 15 is 0 Å². The van der Waals surface area contributed by atoms with Crippen molar-refractivity contribution in [2.45, 2.75) is 45.6 Å². The van der Waals surface area contributed by atoms with Gasteiger partial charge in [-0.15, -0.1) is 0 Å². The summed E-state index contributed by atoms with van der Waals surface area (Å²) in [5, 5.41) is 5.67. The highest BCUT2D eigenvalue weighted by atomic mass is 19.1. The van der Waals surface area contributed by atoms with Crippen LogP contribution in [0.5, 0.6) is 11.5 Å². The van der Waals surface area contributed by atoms with Crippen LogP contribution in [0.1, 0.15) is 37.9 Å². The lowest BCUT2D eigenvalue weighted by atomic mass is 10.1. The number of hydrogen-bond acceptors (Lipinski definition) is 5. The molecular weight excluding hydrogens is 413 g/mol. The molecule has 0 aromatic heterocycles. The zero-order valence-corrected chi connectivity index (χ0v) is 19.3. The van der Waals surface area contributed by atoms with Gasteiger partial charge in [0.05, 0.1) is 38.2 Å². The Morgan fingerprint density at radius 1 is 1.12 bits per heavy atom. The summed E-state index contributed by atoms with van der Waals surface area (Å²) in [5.41, 5.74) is 2.12. The second-order valence-corrected chi connectivity index (χ2v) is 8.11. The number of ether oxygens (including phenoxy) is 3. The monoisotopic (exact) mass is 445 g/mol. The number of rotatable bonds is 7. The van der Waals surface area contributed by atoms with E-state index in [2.05, 4.69) is 10.6 Å². The van der Waals surface area contributed by atoms with E-state index in [4.69, 9.17) is 14.2 Å². The van der Waals surface area contributed by atoms with E-state index in [0.29, 0.717) is 35.8 Å². The smallest absolute Gasteiger partial charge is 0.315 e. The molecule has 3 atom stereocenters. The quantitative estimate of drug-likeness (QED) is 0.674. The highest BCUT2D eigenvalue weighted by Gasteiger charge is 2.24. The molecule has 1 aliphatic heterocycles. The third kappa shape index (κ3) is 5.82. The van der Waals surface area contributed by atoms with Crippen molar-refractivity contribution in [2.75, 3.05) is 32.2 Å². The van der Waals surface area contributed by atoms with Crippen LogP contribution in [0.4, 0.5) is 14.9 Å². The summed E-state index contributed by atoms with van der Waals surface area (Å²) in [6.07, 6.45) is 0.103. The maximum absolute atomic E-state index is 14.7. The summed E-state index contributed by atoms with van der Waals surface area (Å²) < 4.78 is 31.0. The molecule has 1 heterocycles. The van der Waals surface area contributed by atoms with Gasteiger partial charge in [0.25, 0.3) is 0 Å². The van der Waals surface area contributed by atoms with Gasteiger partial charge in [-0.3, -0.25) is 0 Å². The van der Waals surface area contributed by atoms with Gasteiger partial charge in [0.15, 0.2) is 11.5 Å². The Bertz CT molecular complexity index is 929. The zero-order chi connectivity index (χ0) is 23.3. The van der Waals surface area contributed by atoms with E-state index in [1.165, 1.54) is 6.07 Å². The first-order valence-corrected chi connectivity index (χ1v) is 10.8. The first kappa shape index (κ1) is 23.7. The molecule has 2 aromatic rings. The molecule has 3 unspecified atom stereocenters. The fourth-order valence-electron chi connectivity index (χ4n) is 3.93. The minimum absolute atomic E-state index is 0.0517. The summed E-state index contributed by atoms with van der Waals surface area (Å²) in [4.78, 5) is 14.4. The highest BCUT2D eigenvalue weighted by Crippen LogP contribution is 2.30. The Morgan fingerprint density at radius 3 is 2.44 bits per heavy atom. The number of halogens is 1. The lowest BCUT2D eigenvalue weighted by molar-refractivity contribution is -0.00539. The Kier molecular flexibility index (Phi) is 7.80. The molecule has 0 aliphatic carbocycles. The maximum Gasteiger partial charge on any atom is 0.315 e. The number of carbonyl (C=O) groups is 1. The van der Waals surface area contributed by atoms with Crippen LogP contribution in [0.25, 0.3) is 0 Å². The average molecular weight is 446 g/mol. The van der Waals surface area contributed by atoms with Crippen LogP contribution in [0, 0.1) is 5.82 Å². The van der Waals surface area contributed by atoms with E-state index in [1.807, 2.05) is 43.9 Å². The number of carbonyl (C=O) groups excluding carboxylic acids is 1. The van der Waals surface area contributed by atoms with E-state index in [0.717, 1.165) is 5.56 Å². The zero-order valence-electron chi connectivity index (χ0n) is 19.3. The molecule has 32 heavy (non-hydrogen) atoms. The molecule has 0 bridgehead atoms. The van der Waals surface area contributed by atoms with Crippen molar-refractivity contribution in [2.24, 2.45) is 0 Å². The number of anilines is 1. The molecule has 1 fully saturated rings. The van der Waals surface area contributed by atoms with Crippen LogP contribution in [-0.4, -0.2) is 45.5 Å². The molecular formula is C24H32FN3O4. The highest BCUT2D eigenvalue weighted by molar-refractivity contribution is 5.74. The lowest BCUT2D eigenvalue weighted by Gasteiger charge is -2.37. The van der Waals surface area contributed by atoms with Gasteiger partial charge in [-0.2, -0.15) is 0 Å². The van der Waals surface area contributed by atoms with E-state index in [1.54, 1.807) is 26.4 Å². The Morgan fingerprint density at radius 2 is 1.81 bits per heavy atom. The topological polar surface area (TPSA) is 72.1 Å². The third-order valence-electron chi connectivity index (χ3n) is 5.48. The predicted octanol–water partition coefficient (Wildman–Crippen LogP) is 4.02. The summed E-state index contributed by atoms with van der Waals surface area (Å²) in [5.74, 6) is 0.919. The van der Waals surface area contributed by atoms with E-state index < -0.39 is 0 Å². The van der Waals surface area contributed by atoms with Gasteiger partial charge >= 0.3 is 6.03 Å². The molecule has 0 radical (unpaired) electrons. The van der Waals surface area contributed by atoms with Gasteiger partial charge < -0.3 is 29.7 Å². The number of amides is 2. The molecule has 2 amide bonds. The normalized spacial score (nSPS) is 19.2. The van der Waals surface area contributed by atoms with Gasteiger partial charge in [0, 0.05) is 19.6 Å². The van der Waals surface area contributed by atoms with Crippen LogP contribution in [0.2, 0.25) is 0 Å². The number of morpholine rings is 1. The van der Waals surface area contributed by atoms with Crippen LogP contribution < -0.4 is 25.0 Å². The first-order valence-electron chi connectivity index (χ1n) is 10.8. The SMILES string of the molecule is COc1ccc(C(C)NC(=O)NCc2ccc(N3CC(C)OC(C)C3)c(F)c2)cc1OC. The number of methoxy groups -OCH3 is 2. The minimum Gasteiger partial charge on any atom is -0.493 e. The molecule has 2 N–H and O–H groups in total. The van der Waals surface area contributed by atoms with E-state index in [-0.39, 0.29) is 36.6 Å². The van der Waals surface area contributed by atoms with Crippen molar-refractivity contribution < 1.29 is 23.4 Å². The fourth-order valence-corrected chi connectivity index (χ4v) is 3.93. The molecule has 1 saturated heterocycles. The number of benzene rings is 2. The van der Waals surface area contributed by atoms with Gasteiger partial charge in [0.1, 0.15) is 5.82 Å². The maximum atomic E-state index is 14.7. The van der Waals surface area contributed by atoms with Gasteiger partial charge in [-0.1, -0.05) is 12.1 Å².